The van der Waals surface area contributed by atoms with Crippen LogP contribution in [-0.2, 0) is 13.5 Å². The fourth-order valence-electron chi connectivity index (χ4n) is 4.88. The highest BCUT2D eigenvalue weighted by Crippen LogP contribution is 2.32. The summed E-state index contributed by atoms with van der Waals surface area (Å²) in [6.07, 6.45) is 5.71. The molecule has 0 atom stereocenters. The van der Waals surface area contributed by atoms with Crippen molar-refractivity contribution in [3.8, 4) is 33.9 Å². The van der Waals surface area contributed by atoms with E-state index < -0.39 is 0 Å². The van der Waals surface area contributed by atoms with Crippen molar-refractivity contribution in [3.05, 3.63) is 121 Å². The summed E-state index contributed by atoms with van der Waals surface area (Å²) in [4.78, 5) is 22.6. The van der Waals surface area contributed by atoms with Gasteiger partial charge in [0.25, 0.3) is 0 Å². The Balaban J connectivity index is 1.23. The van der Waals surface area contributed by atoms with E-state index in [9.17, 15) is 9.18 Å². The number of halogens is 1. The summed E-state index contributed by atoms with van der Waals surface area (Å²) in [5, 5.41) is 9.26. The third-order valence-electron chi connectivity index (χ3n) is 6.80. The van der Waals surface area contributed by atoms with Crippen molar-refractivity contribution in [3.63, 3.8) is 0 Å². The first-order valence-electron chi connectivity index (χ1n) is 12.7. The molecule has 0 fully saturated rings. The van der Waals surface area contributed by atoms with Crippen LogP contribution < -0.4 is 0 Å². The van der Waals surface area contributed by atoms with E-state index in [0.717, 1.165) is 28.2 Å². The minimum Gasteiger partial charge on any atom is -0.298 e. The van der Waals surface area contributed by atoms with Crippen molar-refractivity contribution >= 4 is 17.1 Å². The molecule has 7 aromatic rings. The molecular formula is C31H22FN7O. The molecule has 0 saturated heterocycles. The van der Waals surface area contributed by atoms with Crippen LogP contribution in [0.4, 0.5) is 4.39 Å². The Morgan fingerprint density at radius 2 is 1.68 bits per heavy atom. The van der Waals surface area contributed by atoms with Gasteiger partial charge in [0.2, 0.25) is 0 Å². The largest absolute Gasteiger partial charge is 0.298 e. The second kappa shape index (κ2) is 9.39. The summed E-state index contributed by atoms with van der Waals surface area (Å²) >= 11 is 0. The number of carbonyl (C=O) groups is 1. The first-order valence-corrected chi connectivity index (χ1v) is 12.7. The summed E-state index contributed by atoms with van der Waals surface area (Å²) in [6.45, 7) is 0. The molecule has 7 rings (SSSR count). The second-order valence-corrected chi connectivity index (χ2v) is 9.55. The van der Waals surface area contributed by atoms with Gasteiger partial charge in [-0.3, -0.25) is 13.9 Å². The zero-order chi connectivity index (χ0) is 27.2. The Kier molecular flexibility index (Phi) is 5.55. The molecule has 0 unspecified atom stereocenters. The Morgan fingerprint density at radius 1 is 0.800 bits per heavy atom. The van der Waals surface area contributed by atoms with Gasteiger partial charge < -0.3 is 0 Å². The number of imidazole rings is 2. The predicted octanol–water partition coefficient (Wildman–Crippen LogP) is 5.68. The van der Waals surface area contributed by atoms with Crippen molar-refractivity contribution in [1.82, 2.24) is 33.8 Å². The zero-order valence-corrected chi connectivity index (χ0v) is 21.4. The molecule has 0 bridgehead atoms. The van der Waals surface area contributed by atoms with Crippen LogP contribution in [0.2, 0.25) is 0 Å². The Labute approximate surface area is 228 Å². The summed E-state index contributed by atoms with van der Waals surface area (Å²) in [5.74, 6) is -0.348. The number of carbonyl (C=O) groups excluding carboxylic acids is 1. The number of nitrogens with zero attached hydrogens (tertiary/aromatic N) is 7. The molecule has 40 heavy (non-hydrogen) atoms. The van der Waals surface area contributed by atoms with Crippen molar-refractivity contribution in [2.75, 3.05) is 0 Å². The van der Waals surface area contributed by atoms with Crippen LogP contribution in [-0.4, -0.2) is 39.5 Å². The van der Waals surface area contributed by atoms with E-state index in [-0.39, 0.29) is 18.0 Å². The monoisotopic (exact) mass is 527 g/mol. The number of pyridine rings is 1. The van der Waals surface area contributed by atoms with Gasteiger partial charge in [-0.1, -0.05) is 24.3 Å². The first kappa shape index (κ1) is 23.7. The lowest BCUT2D eigenvalue weighted by Gasteiger charge is -2.05. The normalized spacial score (nSPS) is 11.4. The van der Waals surface area contributed by atoms with Gasteiger partial charge in [0, 0.05) is 36.1 Å². The molecule has 194 valence electrons. The fourth-order valence-corrected chi connectivity index (χ4v) is 4.88. The maximum Gasteiger partial charge on any atom is 0.168 e. The SMILES string of the molecule is Cn1ccc(-c2cccc(C(=O)Cc3cn4nc(-c5c(-c6ccc(F)cc6)nc6ccccn56)ccc4n3)c2)n1. The second-order valence-electron chi connectivity index (χ2n) is 9.55. The summed E-state index contributed by atoms with van der Waals surface area (Å²) in [5.41, 5.74) is 7.23. The highest BCUT2D eigenvalue weighted by atomic mass is 19.1. The molecule has 0 radical (unpaired) electrons. The van der Waals surface area contributed by atoms with Crippen molar-refractivity contribution in [2.24, 2.45) is 7.05 Å². The van der Waals surface area contributed by atoms with E-state index >= 15 is 0 Å². The third-order valence-corrected chi connectivity index (χ3v) is 6.80. The van der Waals surface area contributed by atoms with E-state index in [1.165, 1.54) is 12.1 Å². The lowest BCUT2D eigenvalue weighted by molar-refractivity contribution is 0.0992. The molecule has 0 aliphatic carbocycles. The van der Waals surface area contributed by atoms with Crippen molar-refractivity contribution < 1.29 is 9.18 Å². The molecule has 0 spiro atoms. The number of hydrogen-bond acceptors (Lipinski definition) is 5. The van der Waals surface area contributed by atoms with Crippen LogP contribution in [0, 0.1) is 5.82 Å². The highest BCUT2D eigenvalue weighted by molar-refractivity contribution is 5.98. The van der Waals surface area contributed by atoms with Gasteiger partial charge in [0.1, 0.15) is 22.9 Å². The van der Waals surface area contributed by atoms with Crippen molar-refractivity contribution in [1.29, 1.82) is 0 Å². The maximum absolute atomic E-state index is 13.6. The standard InChI is InChI=1S/C31H22FN7O/c1-37-16-14-25(35-37)21-5-4-6-22(17-21)27(40)18-24-19-39-29(33-24)13-12-26(36-39)31-30(20-8-10-23(32)11-9-20)34-28-7-2-3-15-38(28)31/h2-17,19H,18H2,1H3. The quantitative estimate of drug-likeness (QED) is 0.260. The lowest BCUT2D eigenvalue weighted by Crippen LogP contribution is -2.04. The predicted molar refractivity (Wildman–Crippen MR) is 149 cm³/mol. The van der Waals surface area contributed by atoms with Crippen LogP contribution in [0.3, 0.4) is 0 Å². The number of ketones is 1. The van der Waals surface area contributed by atoms with Gasteiger partial charge in [0.15, 0.2) is 11.4 Å². The van der Waals surface area contributed by atoms with Gasteiger partial charge in [-0.2, -0.15) is 10.2 Å². The molecule has 8 nitrogen and oxygen atoms in total. The number of rotatable bonds is 6. The molecule has 0 saturated carbocycles. The summed E-state index contributed by atoms with van der Waals surface area (Å²) < 4.78 is 19.0. The topological polar surface area (TPSA) is 82.4 Å². The van der Waals surface area contributed by atoms with Crippen LogP contribution in [0.5, 0.6) is 0 Å². The van der Waals surface area contributed by atoms with E-state index in [0.29, 0.717) is 28.3 Å². The van der Waals surface area contributed by atoms with Gasteiger partial charge in [0.05, 0.1) is 29.7 Å². The number of benzene rings is 2. The number of aryl methyl sites for hydroxylation is 1. The van der Waals surface area contributed by atoms with E-state index in [1.54, 1.807) is 27.5 Å². The van der Waals surface area contributed by atoms with Gasteiger partial charge in [-0.25, -0.2) is 18.9 Å². The van der Waals surface area contributed by atoms with Gasteiger partial charge in [-0.05, 0) is 60.7 Å². The average Bonchev–Trinajstić information content (AvgIpc) is 3.69. The number of hydrogen-bond donors (Lipinski definition) is 0. The molecule has 0 amide bonds. The molecule has 2 aromatic carbocycles. The van der Waals surface area contributed by atoms with Gasteiger partial charge in [-0.15, -0.1) is 0 Å². The Morgan fingerprint density at radius 3 is 2.50 bits per heavy atom. The van der Waals surface area contributed by atoms with Crippen LogP contribution >= 0.6 is 0 Å². The summed E-state index contributed by atoms with van der Waals surface area (Å²) in [6, 6.07) is 25.2. The average molecular weight is 528 g/mol. The molecule has 0 aliphatic heterocycles. The third kappa shape index (κ3) is 4.23. The number of aromatic nitrogens is 7. The highest BCUT2D eigenvalue weighted by Gasteiger charge is 2.19. The van der Waals surface area contributed by atoms with Crippen LogP contribution in [0.25, 0.3) is 45.2 Å². The smallest absolute Gasteiger partial charge is 0.168 e. The molecule has 5 heterocycles. The molecule has 5 aromatic heterocycles. The molecule has 0 N–H and O–H groups in total. The number of Topliss-reactive ketones (excluding diaryl/α,β-unsaturated/α-hetero) is 1. The Hall–Kier alpha value is -5.44. The van der Waals surface area contributed by atoms with E-state index in [1.807, 2.05) is 84.5 Å². The molecular weight excluding hydrogens is 505 g/mol. The van der Waals surface area contributed by atoms with Crippen molar-refractivity contribution in [2.45, 2.75) is 6.42 Å². The Bertz CT molecular complexity index is 2030. The lowest BCUT2D eigenvalue weighted by atomic mass is 10.0. The first-order chi connectivity index (χ1) is 19.5. The summed E-state index contributed by atoms with van der Waals surface area (Å²) in [7, 11) is 1.86. The minimum absolute atomic E-state index is 0.0400. The fraction of sp³-hybridized carbons (Fsp3) is 0.0645. The van der Waals surface area contributed by atoms with Crippen LogP contribution in [0.15, 0.2) is 104 Å². The van der Waals surface area contributed by atoms with E-state index in [4.69, 9.17) is 10.1 Å². The zero-order valence-electron chi connectivity index (χ0n) is 21.4. The van der Waals surface area contributed by atoms with Crippen LogP contribution in [0.1, 0.15) is 16.1 Å². The van der Waals surface area contributed by atoms with E-state index in [2.05, 4.69) is 10.1 Å². The number of fused-ring (bicyclic) bond motifs is 2. The molecule has 9 heteroatoms. The van der Waals surface area contributed by atoms with Gasteiger partial charge >= 0.3 is 0 Å². The maximum atomic E-state index is 13.6. The molecule has 0 aliphatic rings. The minimum atomic E-state index is -0.308.